The number of nitrogens with zero attached hydrogens (tertiary/aromatic N) is 1. The number of nitrogens with two attached hydrogens (primary N) is 1. The molecule has 1 heterocycles. The summed E-state index contributed by atoms with van der Waals surface area (Å²) in [4.78, 5) is 3.82. The lowest BCUT2D eigenvalue weighted by atomic mass is 9.93. The number of hydrogen-bond acceptors (Lipinski definition) is 4. The summed E-state index contributed by atoms with van der Waals surface area (Å²) in [7, 11) is -3.59. The maximum absolute atomic E-state index is 12.1. The third-order valence-corrected chi connectivity index (χ3v) is 5.11. The Bertz CT molecular complexity index is 513. The third kappa shape index (κ3) is 3.20. The lowest BCUT2D eigenvalue weighted by Gasteiger charge is -2.26. The molecule has 18 heavy (non-hydrogen) atoms. The minimum absolute atomic E-state index is 0.0292. The molecule has 0 aromatic carbocycles. The van der Waals surface area contributed by atoms with E-state index in [2.05, 4.69) is 9.71 Å². The molecule has 0 unspecified atom stereocenters. The zero-order valence-electron chi connectivity index (χ0n) is 9.84. The first-order valence-corrected chi connectivity index (χ1v) is 7.72. The highest BCUT2D eigenvalue weighted by Gasteiger charge is 2.25. The summed E-state index contributed by atoms with van der Waals surface area (Å²) in [6.07, 6.45) is 5.93. The van der Waals surface area contributed by atoms with Crippen molar-refractivity contribution in [3.8, 4) is 0 Å². The summed E-state index contributed by atoms with van der Waals surface area (Å²) in [5.41, 5.74) is 5.79. The standard InChI is InChI=1S/C11H16ClN3O2S/c12-10-5-6-14-7-11(10)18(16,17)15-9-3-1-8(13)2-4-9/h5-9,15H,1-4,13H2. The van der Waals surface area contributed by atoms with Crippen LogP contribution in [-0.4, -0.2) is 25.5 Å². The Balaban J connectivity index is 2.11. The molecular weight excluding hydrogens is 274 g/mol. The van der Waals surface area contributed by atoms with Crippen LogP contribution in [0.5, 0.6) is 0 Å². The molecule has 0 saturated heterocycles. The van der Waals surface area contributed by atoms with Crippen molar-refractivity contribution >= 4 is 21.6 Å². The third-order valence-electron chi connectivity index (χ3n) is 3.12. The zero-order chi connectivity index (χ0) is 13.2. The molecule has 1 aliphatic carbocycles. The van der Waals surface area contributed by atoms with Gasteiger partial charge in [-0.25, -0.2) is 13.1 Å². The number of halogens is 1. The molecule has 0 radical (unpaired) electrons. The van der Waals surface area contributed by atoms with Crippen molar-refractivity contribution in [1.29, 1.82) is 0 Å². The Hall–Kier alpha value is -0.690. The van der Waals surface area contributed by atoms with Crippen molar-refractivity contribution in [3.05, 3.63) is 23.5 Å². The van der Waals surface area contributed by atoms with Crippen molar-refractivity contribution in [1.82, 2.24) is 9.71 Å². The highest BCUT2D eigenvalue weighted by molar-refractivity contribution is 7.89. The topological polar surface area (TPSA) is 85.1 Å². The number of pyridine rings is 1. The molecule has 0 spiro atoms. The Labute approximate surface area is 112 Å². The minimum atomic E-state index is -3.59. The molecule has 1 aromatic heterocycles. The summed E-state index contributed by atoms with van der Waals surface area (Å²) in [5, 5.41) is 0.185. The monoisotopic (exact) mass is 289 g/mol. The van der Waals surface area contributed by atoms with E-state index in [0.29, 0.717) is 0 Å². The van der Waals surface area contributed by atoms with E-state index in [9.17, 15) is 8.42 Å². The van der Waals surface area contributed by atoms with Gasteiger partial charge >= 0.3 is 0 Å². The average Bonchev–Trinajstić information content (AvgIpc) is 2.32. The second kappa shape index (κ2) is 5.52. The Morgan fingerprint density at radius 2 is 2.00 bits per heavy atom. The van der Waals surface area contributed by atoms with Gasteiger partial charge in [-0.3, -0.25) is 4.98 Å². The van der Waals surface area contributed by atoms with Gasteiger partial charge in [-0.15, -0.1) is 0 Å². The number of rotatable bonds is 3. The molecule has 1 saturated carbocycles. The normalized spacial score (nSPS) is 25.0. The largest absolute Gasteiger partial charge is 0.328 e. The first-order valence-electron chi connectivity index (χ1n) is 5.86. The van der Waals surface area contributed by atoms with Gasteiger partial charge < -0.3 is 5.73 Å². The predicted molar refractivity (Wildman–Crippen MR) is 69.8 cm³/mol. The van der Waals surface area contributed by atoms with Gasteiger partial charge in [0.15, 0.2) is 0 Å². The van der Waals surface area contributed by atoms with E-state index in [4.69, 9.17) is 17.3 Å². The summed E-state index contributed by atoms with van der Waals surface area (Å²) >= 11 is 5.87. The van der Waals surface area contributed by atoms with Crippen LogP contribution in [0.2, 0.25) is 5.02 Å². The Kier molecular flexibility index (Phi) is 4.21. The predicted octanol–water partition coefficient (Wildman–Crippen LogP) is 1.28. The van der Waals surface area contributed by atoms with Gasteiger partial charge in [0.2, 0.25) is 10.0 Å². The molecule has 0 amide bonds. The number of sulfonamides is 1. The van der Waals surface area contributed by atoms with E-state index in [1.165, 1.54) is 18.5 Å². The molecule has 1 fully saturated rings. The highest BCUT2D eigenvalue weighted by Crippen LogP contribution is 2.22. The maximum Gasteiger partial charge on any atom is 0.243 e. The first kappa shape index (κ1) is 13.7. The molecule has 3 N–H and O–H groups in total. The van der Waals surface area contributed by atoms with Gasteiger partial charge in [-0.2, -0.15) is 0 Å². The summed E-state index contributed by atoms with van der Waals surface area (Å²) < 4.78 is 26.9. The Morgan fingerprint density at radius 1 is 1.33 bits per heavy atom. The fourth-order valence-electron chi connectivity index (χ4n) is 2.08. The van der Waals surface area contributed by atoms with E-state index < -0.39 is 10.0 Å². The van der Waals surface area contributed by atoms with Crippen LogP contribution in [0.4, 0.5) is 0 Å². The number of nitrogens with one attached hydrogen (secondary N) is 1. The molecule has 0 atom stereocenters. The van der Waals surface area contributed by atoms with Crippen LogP contribution in [0.1, 0.15) is 25.7 Å². The van der Waals surface area contributed by atoms with Crippen LogP contribution < -0.4 is 10.5 Å². The molecule has 100 valence electrons. The van der Waals surface area contributed by atoms with Crippen LogP contribution in [0.25, 0.3) is 0 Å². The van der Waals surface area contributed by atoms with Gasteiger partial charge in [0, 0.05) is 24.5 Å². The van der Waals surface area contributed by atoms with Crippen molar-refractivity contribution in [2.24, 2.45) is 5.73 Å². The van der Waals surface area contributed by atoms with E-state index in [0.717, 1.165) is 25.7 Å². The van der Waals surface area contributed by atoms with Crippen LogP contribution in [0.3, 0.4) is 0 Å². The average molecular weight is 290 g/mol. The Morgan fingerprint density at radius 3 is 2.61 bits per heavy atom. The van der Waals surface area contributed by atoms with Crippen LogP contribution in [0.15, 0.2) is 23.4 Å². The van der Waals surface area contributed by atoms with E-state index in [1.54, 1.807) is 0 Å². The summed E-state index contributed by atoms with van der Waals surface area (Å²) in [6, 6.07) is 1.59. The van der Waals surface area contributed by atoms with E-state index in [1.807, 2.05) is 0 Å². The lowest BCUT2D eigenvalue weighted by Crippen LogP contribution is -2.40. The van der Waals surface area contributed by atoms with Crippen molar-refractivity contribution in [2.75, 3.05) is 0 Å². The molecule has 7 heteroatoms. The summed E-state index contributed by atoms with van der Waals surface area (Å²) in [6.45, 7) is 0. The zero-order valence-corrected chi connectivity index (χ0v) is 11.4. The molecule has 0 bridgehead atoms. The quantitative estimate of drug-likeness (QED) is 0.878. The van der Waals surface area contributed by atoms with Crippen LogP contribution >= 0.6 is 11.6 Å². The van der Waals surface area contributed by atoms with Crippen molar-refractivity contribution in [2.45, 2.75) is 42.7 Å². The SMILES string of the molecule is NC1CCC(NS(=O)(=O)c2cnccc2Cl)CC1. The number of aromatic nitrogens is 1. The summed E-state index contributed by atoms with van der Waals surface area (Å²) in [5.74, 6) is 0. The van der Waals surface area contributed by atoms with E-state index >= 15 is 0 Å². The van der Waals surface area contributed by atoms with Gasteiger partial charge in [-0.1, -0.05) is 11.6 Å². The molecule has 1 aliphatic rings. The first-order chi connectivity index (χ1) is 8.49. The van der Waals surface area contributed by atoms with Gasteiger partial charge in [0.1, 0.15) is 4.90 Å². The van der Waals surface area contributed by atoms with Crippen LogP contribution in [-0.2, 0) is 10.0 Å². The molecular formula is C11H16ClN3O2S. The van der Waals surface area contributed by atoms with Crippen molar-refractivity contribution in [3.63, 3.8) is 0 Å². The highest BCUT2D eigenvalue weighted by atomic mass is 35.5. The van der Waals surface area contributed by atoms with Crippen molar-refractivity contribution < 1.29 is 8.42 Å². The minimum Gasteiger partial charge on any atom is -0.328 e. The van der Waals surface area contributed by atoms with Gasteiger partial charge in [-0.05, 0) is 31.7 Å². The second-order valence-corrected chi connectivity index (χ2v) is 6.63. The fraction of sp³-hybridized carbons (Fsp3) is 0.545. The van der Waals surface area contributed by atoms with Crippen LogP contribution in [0, 0.1) is 0 Å². The van der Waals surface area contributed by atoms with Gasteiger partial charge in [0.05, 0.1) is 5.02 Å². The lowest BCUT2D eigenvalue weighted by molar-refractivity contribution is 0.373. The molecule has 0 aliphatic heterocycles. The van der Waals surface area contributed by atoms with Gasteiger partial charge in [0.25, 0.3) is 0 Å². The van der Waals surface area contributed by atoms with E-state index in [-0.39, 0.29) is 22.0 Å². The molecule has 2 rings (SSSR count). The smallest absolute Gasteiger partial charge is 0.243 e. The maximum atomic E-state index is 12.1. The second-order valence-electron chi connectivity index (χ2n) is 4.54. The number of hydrogen-bond donors (Lipinski definition) is 2. The fourth-order valence-corrected chi connectivity index (χ4v) is 3.82. The molecule has 5 nitrogen and oxygen atoms in total. The molecule has 1 aromatic rings.